The third-order valence-corrected chi connectivity index (χ3v) is 2.32. The van der Waals surface area contributed by atoms with E-state index in [2.05, 4.69) is 0 Å². The fraction of sp³-hybridized carbons (Fsp3) is 0.200. The SMILES string of the molecule is NC/C(=C\c1ccsc1)C(=O)O.O=C(O)C(F)(F)F. The predicted octanol–water partition coefficient (Wildman–Crippen LogP) is 1.81. The maximum Gasteiger partial charge on any atom is 0.490 e. The van der Waals surface area contributed by atoms with Gasteiger partial charge in [-0.25, -0.2) is 9.59 Å². The monoisotopic (exact) mass is 297 g/mol. The Morgan fingerprint density at radius 3 is 2.16 bits per heavy atom. The molecule has 0 bridgehead atoms. The Balaban J connectivity index is 0.000000399. The van der Waals surface area contributed by atoms with Crippen LogP contribution in [-0.2, 0) is 9.59 Å². The molecule has 0 saturated carbocycles. The maximum absolute atomic E-state index is 10.6. The Morgan fingerprint density at radius 1 is 1.37 bits per heavy atom. The van der Waals surface area contributed by atoms with Crippen molar-refractivity contribution in [3.05, 3.63) is 28.0 Å². The molecule has 4 N–H and O–H groups in total. The van der Waals surface area contributed by atoms with Crippen molar-refractivity contribution in [3.63, 3.8) is 0 Å². The summed E-state index contributed by atoms with van der Waals surface area (Å²) in [7, 11) is 0. The van der Waals surface area contributed by atoms with Crippen molar-refractivity contribution in [1.82, 2.24) is 0 Å². The van der Waals surface area contributed by atoms with Crippen LogP contribution in [0.5, 0.6) is 0 Å². The molecular formula is C10H10F3NO4S. The van der Waals surface area contributed by atoms with E-state index in [0.717, 1.165) is 5.56 Å². The molecule has 5 nitrogen and oxygen atoms in total. The average molecular weight is 297 g/mol. The van der Waals surface area contributed by atoms with Gasteiger partial charge in [0.15, 0.2) is 0 Å². The van der Waals surface area contributed by atoms with Gasteiger partial charge in [0.2, 0.25) is 0 Å². The topological polar surface area (TPSA) is 101 Å². The van der Waals surface area contributed by atoms with Gasteiger partial charge in [-0.05, 0) is 28.5 Å². The Morgan fingerprint density at radius 2 is 1.89 bits per heavy atom. The highest BCUT2D eigenvalue weighted by Gasteiger charge is 2.38. The number of halogens is 3. The Hall–Kier alpha value is -1.87. The van der Waals surface area contributed by atoms with E-state index in [0.29, 0.717) is 0 Å². The normalized spacial score (nSPS) is 11.5. The molecule has 0 aromatic carbocycles. The molecule has 106 valence electrons. The molecule has 1 aromatic heterocycles. The Labute approximate surface area is 109 Å². The van der Waals surface area contributed by atoms with Gasteiger partial charge in [0.05, 0.1) is 5.57 Å². The number of carbonyl (C=O) groups is 2. The molecule has 0 amide bonds. The van der Waals surface area contributed by atoms with Crippen LogP contribution >= 0.6 is 11.3 Å². The first-order chi connectivity index (χ1) is 8.68. The van der Waals surface area contributed by atoms with E-state index in [4.69, 9.17) is 20.7 Å². The first-order valence-corrected chi connectivity index (χ1v) is 5.59. The lowest BCUT2D eigenvalue weighted by Crippen LogP contribution is -2.21. The zero-order chi connectivity index (χ0) is 15.1. The summed E-state index contributed by atoms with van der Waals surface area (Å²) >= 11 is 1.53. The minimum absolute atomic E-state index is 0.0607. The first-order valence-electron chi connectivity index (χ1n) is 4.64. The van der Waals surface area contributed by atoms with Gasteiger partial charge in [0.1, 0.15) is 0 Å². The van der Waals surface area contributed by atoms with Gasteiger partial charge in [-0.15, -0.1) is 0 Å². The molecule has 1 rings (SSSR count). The van der Waals surface area contributed by atoms with Crippen molar-refractivity contribution in [2.45, 2.75) is 6.18 Å². The van der Waals surface area contributed by atoms with Crippen molar-refractivity contribution in [2.24, 2.45) is 5.73 Å². The van der Waals surface area contributed by atoms with Gasteiger partial charge < -0.3 is 15.9 Å². The van der Waals surface area contributed by atoms with E-state index < -0.39 is 18.1 Å². The van der Waals surface area contributed by atoms with Crippen LogP contribution in [0.15, 0.2) is 22.4 Å². The highest BCUT2D eigenvalue weighted by Crippen LogP contribution is 2.13. The maximum atomic E-state index is 10.6. The smallest absolute Gasteiger partial charge is 0.478 e. The van der Waals surface area contributed by atoms with E-state index >= 15 is 0 Å². The highest BCUT2D eigenvalue weighted by atomic mass is 32.1. The fourth-order valence-corrected chi connectivity index (χ4v) is 1.38. The summed E-state index contributed by atoms with van der Waals surface area (Å²) in [5, 5.41) is 19.5. The van der Waals surface area contributed by atoms with Gasteiger partial charge in [0.25, 0.3) is 0 Å². The number of hydrogen-bond acceptors (Lipinski definition) is 4. The molecule has 19 heavy (non-hydrogen) atoms. The van der Waals surface area contributed by atoms with Crippen LogP contribution in [0.25, 0.3) is 6.08 Å². The lowest BCUT2D eigenvalue weighted by molar-refractivity contribution is -0.192. The predicted molar refractivity (Wildman–Crippen MR) is 62.7 cm³/mol. The molecule has 0 atom stereocenters. The van der Waals surface area contributed by atoms with Gasteiger partial charge >= 0.3 is 18.1 Å². The molecule has 0 unspecified atom stereocenters. The number of thiophene rings is 1. The van der Waals surface area contributed by atoms with E-state index in [1.165, 1.54) is 11.3 Å². The molecule has 0 saturated heterocycles. The minimum atomic E-state index is -5.08. The Bertz CT molecular complexity index is 454. The Kier molecular flexibility index (Phi) is 6.80. The third-order valence-electron chi connectivity index (χ3n) is 1.62. The largest absolute Gasteiger partial charge is 0.490 e. The number of alkyl halides is 3. The highest BCUT2D eigenvalue weighted by molar-refractivity contribution is 7.08. The van der Waals surface area contributed by atoms with Gasteiger partial charge in [0, 0.05) is 6.54 Å². The summed E-state index contributed by atoms with van der Waals surface area (Å²) in [5.74, 6) is -3.71. The molecule has 0 aliphatic rings. The van der Waals surface area contributed by atoms with Crippen LogP contribution in [0, 0.1) is 0 Å². The fourth-order valence-electron chi connectivity index (χ4n) is 0.766. The van der Waals surface area contributed by atoms with Gasteiger partial charge in [-0.1, -0.05) is 0 Å². The molecule has 0 aliphatic carbocycles. The zero-order valence-electron chi connectivity index (χ0n) is 9.35. The molecule has 0 radical (unpaired) electrons. The second kappa shape index (κ2) is 7.54. The van der Waals surface area contributed by atoms with E-state index in [-0.39, 0.29) is 12.1 Å². The second-order valence-corrected chi connectivity index (χ2v) is 3.82. The summed E-state index contributed by atoms with van der Waals surface area (Å²) in [5.41, 5.74) is 6.37. The molecular weight excluding hydrogens is 287 g/mol. The van der Waals surface area contributed by atoms with Crippen molar-refractivity contribution in [2.75, 3.05) is 6.54 Å². The van der Waals surface area contributed by atoms with Crippen LogP contribution in [0.4, 0.5) is 13.2 Å². The third kappa shape index (κ3) is 7.21. The molecule has 1 heterocycles. The van der Waals surface area contributed by atoms with E-state index in [9.17, 15) is 18.0 Å². The van der Waals surface area contributed by atoms with Crippen LogP contribution in [0.3, 0.4) is 0 Å². The number of hydrogen-bond donors (Lipinski definition) is 3. The minimum Gasteiger partial charge on any atom is -0.478 e. The van der Waals surface area contributed by atoms with Gasteiger partial charge in [-0.3, -0.25) is 0 Å². The first kappa shape index (κ1) is 17.1. The number of carboxylic acids is 2. The summed E-state index contributed by atoms with van der Waals surface area (Å²) in [6.45, 7) is 0.0607. The second-order valence-electron chi connectivity index (χ2n) is 3.04. The van der Waals surface area contributed by atoms with E-state index in [1.807, 2.05) is 16.8 Å². The summed E-state index contributed by atoms with van der Waals surface area (Å²) in [6, 6.07) is 1.85. The average Bonchev–Trinajstić information content (AvgIpc) is 2.77. The molecule has 0 fully saturated rings. The lowest BCUT2D eigenvalue weighted by Gasteiger charge is -1.94. The number of rotatable bonds is 3. The van der Waals surface area contributed by atoms with Gasteiger partial charge in [-0.2, -0.15) is 24.5 Å². The number of carboxylic acid groups (broad SMARTS) is 2. The molecule has 0 spiro atoms. The number of aliphatic carboxylic acids is 2. The van der Waals surface area contributed by atoms with Crippen molar-refractivity contribution >= 4 is 29.4 Å². The van der Waals surface area contributed by atoms with Crippen molar-refractivity contribution in [1.29, 1.82) is 0 Å². The quantitative estimate of drug-likeness (QED) is 0.739. The van der Waals surface area contributed by atoms with Crippen LogP contribution in [-0.4, -0.2) is 34.9 Å². The van der Waals surface area contributed by atoms with Crippen molar-refractivity contribution in [3.8, 4) is 0 Å². The van der Waals surface area contributed by atoms with Crippen LogP contribution < -0.4 is 5.73 Å². The summed E-state index contributed by atoms with van der Waals surface area (Å²) in [4.78, 5) is 19.4. The summed E-state index contributed by atoms with van der Waals surface area (Å²) in [6.07, 6.45) is -3.50. The molecule has 0 aliphatic heterocycles. The summed E-state index contributed by atoms with van der Waals surface area (Å²) < 4.78 is 31.7. The molecule has 9 heteroatoms. The van der Waals surface area contributed by atoms with Crippen molar-refractivity contribution < 1.29 is 33.0 Å². The van der Waals surface area contributed by atoms with E-state index in [1.54, 1.807) is 6.08 Å². The standard InChI is InChI=1S/C8H9NO2S.C2HF3O2/c9-4-7(8(10)11)3-6-1-2-12-5-6;3-2(4,5)1(6)7/h1-3,5H,4,9H2,(H,10,11);(H,6,7)/b7-3+;. The lowest BCUT2D eigenvalue weighted by atomic mass is 10.2. The van der Waals surface area contributed by atoms with Crippen LogP contribution in [0.1, 0.15) is 5.56 Å². The molecule has 1 aromatic rings. The number of nitrogens with two attached hydrogens (primary N) is 1. The van der Waals surface area contributed by atoms with Crippen LogP contribution in [0.2, 0.25) is 0 Å². The zero-order valence-corrected chi connectivity index (χ0v) is 10.2.